The number of phenolic OH excluding ortho intramolecular Hbond substituents is 1. The van der Waals surface area contributed by atoms with Crippen molar-refractivity contribution < 1.29 is 18.1 Å². The quantitative estimate of drug-likeness (QED) is 0.155. The third kappa shape index (κ3) is 5.03. The van der Waals surface area contributed by atoms with Gasteiger partial charge in [-0.1, -0.05) is 35.4 Å². The third-order valence-corrected chi connectivity index (χ3v) is 6.28. The molecule has 178 valence electrons. The Morgan fingerprint density at radius 1 is 0.743 bits per heavy atom. The van der Waals surface area contributed by atoms with Gasteiger partial charge in [-0.3, -0.25) is 4.55 Å². The Morgan fingerprint density at radius 3 is 1.71 bits per heavy atom. The fourth-order valence-corrected chi connectivity index (χ4v) is 4.20. The number of hydrogen-bond acceptors (Lipinski definition) is 8. The van der Waals surface area contributed by atoms with Gasteiger partial charge in [-0.25, -0.2) is 0 Å². The molecule has 0 fully saturated rings. The van der Waals surface area contributed by atoms with Gasteiger partial charge >= 0.3 is 0 Å². The first-order valence-electron chi connectivity index (χ1n) is 10.6. The van der Waals surface area contributed by atoms with E-state index in [9.17, 15) is 18.1 Å². The molecule has 0 atom stereocenters. The van der Waals surface area contributed by atoms with E-state index in [2.05, 4.69) is 20.5 Å². The second kappa shape index (κ2) is 9.24. The predicted octanol–water partition coefficient (Wildman–Crippen LogP) is 7.13. The minimum absolute atomic E-state index is 0.0852. The van der Waals surface area contributed by atoms with Crippen LogP contribution in [0.3, 0.4) is 0 Å². The SMILES string of the molecule is Cc1ccc(N=Nc2c(C)cc3cc(S(=O)(=O)O)c(N=Nc4ccc(C)cc4)c(O)c3c2N)cc1. The zero-order valence-electron chi connectivity index (χ0n) is 19.3. The lowest BCUT2D eigenvalue weighted by atomic mass is 10.0. The standard InChI is InChI=1S/C25H23N5O4S/c1-14-4-8-18(9-5-14)27-29-23-16(3)12-17-13-20(35(32,33)34)24(25(31)21(17)22(23)26)30-28-19-10-6-15(2)7-11-19/h4-13,31H,26H2,1-3H3,(H,32,33,34). The van der Waals surface area contributed by atoms with Crippen LogP contribution < -0.4 is 5.73 Å². The van der Waals surface area contributed by atoms with Gasteiger partial charge in [-0.05, 0) is 68.1 Å². The number of anilines is 1. The van der Waals surface area contributed by atoms with E-state index in [1.165, 1.54) is 6.07 Å². The van der Waals surface area contributed by atoms with Gasteiger partial charge in [0, 0.05) is 0 Å². The zero-order chi connectivity index (χ0) is 25.3. The Hall–Kier alpha value is -4.15. The third-order valence-electron chi connectivity index (χ3n) is 5.42. The molecule has 0 aliphatic rings. The summed E-state index contributed by atoms with van der Waals surface area (Å²) >= 11 is 0. The van der Waals surface area contributed by atoms with Gasteiger partial charge in [0.05, 0.1) is 22.4 Å². The molecule has 0 aromatic heterocycles. The van der Waals surface area contributed by atoms with E-state index < -0.39 is 26.5 Å². The first-order valence-corrected chi connectivity index (χ1v) is 12.0. The largest absolute Gasteiger partial charge is 0.505 e. The molecule has 4 N–H and O–H groups in total. The van der Waals surface area contributed by atoms with Gasteiger partial charge in [0.15, 0.2) is 5.75 Å². The van der Waals surface area contributed by atoms with Crippen LogP contribution in [-0.4, -0.2) is 18.1 Å². The average Bonchev–Trinajstić information content (AvgIpc) is 2.79. The van der Waals surface area contributed by atoms with Crippen molar-refractivity contribution in [2.75, 3.05) is 5.73 Å². The maximum atomic E-state index is 12.1. The fraction of sp³-hybridized carbons (Fsp3) is 0.120. The molecule has 35 heavy (non-hydrogen) atoms. The van der Waals surface area contributed by atoms with Gasteiger partial charge in [-0.2, -0.15) is 18.6 Å². The van der Waals surface area contributed by atoms with Gasteiger partial charge in [-0.15, -0.1) is 10.2 Å². The summed E-state index contributed by atoms with van der Waals surface area (Å²) in [6, 6.07) is 17.2. The Morgan fingerprint density at radius 2 is 1.23 bits per heavy atom. The highest BCUT2D eigenvalue weighted by molar-refractivity contribution is 7.86. The first kappa shape index (κ1) is 24.0. The van der Waals surface area contributed by atoms with E-state index in [0.717, 1.165) is 11.1 Å². The second-order valence-corrected chi connectivity index (χ2v) is 9.56. The molecule has 9 nitrogen and oxygen atoms in total. The van der Waals surface area contributed by atoms with Crippen LogP contribution >= 0.6 is 0 Å². The highest BCUT2D eigenvalue weighted by Crippen LogP contribution is 2.47. The van der Waals surface area contributed by atoms with Crippen LogP contribution in [0.1, 0.15) is 16.7 Å². The number of fused-ring (bicyclic) bond motifs is 1. The molecular weight excluding hydrogens is 466 g/mol. The Balaban J connectivity index is 1.90. The van der Waals surface area contributed by atoms with Crippen LogP contribution in [0, 0.1) is 20.8 Å². The van der Waals surface area contributed by atoms with Crippen molar-refractivity contribution in [2.45, 2.75) is 25.7 Å². The monoisotopic (exact) mass is 489 g/mol. The van der Waals surface area contributed by atoms with Crippen molar-refractivity contribution in [3.8, 4) is 5.75 Å². The summed E-state index contributed by atoms with van der Waals surface area (Å²) in [6.07, 6.45) is 0. The van der Waals surface area contributed by atoms with Crippen molar-refractivity contribution in [3.63, 3.8) is 0 Å². The Bertz CT molecular complexity index is 1590. The van der Waals surface area contributed by atoms with E-state index in [4.69, 9.17) is 5.73 Å². The average molecular weight is 490 g/mol. The normalized spacial score (nSPS) is 12.2. The van der Waals surface area contributed by atoms with Crippen molar-refractivity contribution in [2.24, 2.45) is 20.5 Å². The molecule has 0 saturated carbocycles. The molecule has 0 radical (unpaired) electrons. The summed E-state index contributed by atoms with van der Waals surface area (Å²) in [5.74, 6) is -0.546. The summed E-state index contributed by atoms with van der Waals surface area (Å²) in [7, 11) is -4.74. The number of hydrogen-bond donors (Lipinski definition) is 3. The summed E-state index contributed by atoms with van der Waals surface area (Å²) in [5.41, 5.74) is 10.1. The van der Waals surface area contributed by atoms with E-state index in [1.807, 2.05) is 50.2 Å². The van der Waals surface area contributed by atoms with Crippen LogP contribution in [0.15, 0.2) is 86.0 Å². The van der Waals surface area contributed by atoms with Crippen molar-refractivity contribution in [1.82, 2.24) is 0 Å². The molecule has 0 aliphatic heterocycles. The number of benzene rings is 4. The molecule has 4 aromatic carbocycles. The smallest absolute Gasteiger partial charge is 0.296 e. The minimum Gasteiger partial charge on any atom is -0.505 e. The van der Waals surface area contributed by atoms with Crippen LogP contribution in [0.5, 0.6) is 5.75 Å². The topological polar surface area (TPSA) is 150 Å². The van der Waals surface area contributed by atoms with E-state index >= 15 is 0 Å². The second-order valence-electron chi connectivity index (χ2n) is 8.17. The number of azo groups is 2. The molecule has 0 amide bonds. The van der Waals surface area contributed by atoms with Gasteiger partial charge in [0.2, 0.25) is 0 Å². The number of aromatic hydroxyl groups is 1. The van der Waals surface area contributed by atoms with Crippen LogP contribution in [-0.2, 0) is 10.1 Å². The van der Waals surface area contributed by atoms with E-state index in [1.54, 1.807) is 25.1 Å². The fourth-order valence-electron chi connectivity index (χ4n) is 3.55. The summed E-state index contributed by atoms with van der Waals surface area (Å²) in [5, 5.41) is 27.9. The van der Waals surface area contributed by atoms with Crippen LogP contribution in [0.25, 0.3) is 10.8 Å². The molecule has 10 heteroatoms. The first-order chi connectivity index (χ1) is 16.5. The minimum atomic E-state index is -4.74. The predicted molar refractivity (Wildman–Crippen MR) is 135 cm³/mol. The number of phenols is 1. The molecule has 0 aliphatic carbocycles. The summed E-state index contributed by atoms with van der Waals surface area (Å²) < 4.78 is 34.0. The molecular formula is C25H23N5O4S. The molecule has 4 rings (SSSR count). The maximum absolute atomic E-state index is 12.1. The molecule has 4 aromatic rings. The highest BCUT2D eigenvalue weighted by atomic mass is 32.2. The number of aryl methyl sites for hydroxylation is 3. The molecule has 0 spiro atoms. The summed E-state index contributed by atoms with van der Waals surface area (Å²) in [4.78, 5) is -0.591. The maximum Gasteiger partial charge on any atom is 0.296 e. The lowest BCUT2D eigenvalue weighted by Crippen LogP contribution is -2.00. The number of nitrogens with zero attached hydrogens (tertiary/aromatic N) is 4. The van der Waals surface area contributed by atoms with Crippen LogP contribution in [0.2, 0.25) is 0 Å². The molecule has 0 bridgehead atoms. The van der Waals surface area contributed by atoms with E-state index in [-0.39, 0.29) is 16.5 Å². The van der Waals surface area contributed by atoms with Crippen molar-refractivity contribution in [3.05, 3.63) is 77.4 Å². The lowest BCUT2D eigenvalue weighted by molar-refractivity contribution is 0.472. The zero-order valence-corrected chi connectivity index (χ0v) is 20.1. The molecule has 0 saturated heterocycles. The number of nitrogens with two attached hydrogens (primary N) is 1. The Labute approximate surface area is 202 Å². The lowest BCUT2D eigenvalue weighted by Gasteiger charge is -2.13. The van der Waals surface area contributed by atoms with Crippen molar-refractivity contribution in [1.29, 1.82) is 0 Å². The molecule has 0 unspecified atom stereocenters. The van der Waals surface area contributed by atoms with Crippen molar-refractivity contribution >= 4 is 49.3 Å². The number of rotatable bonds is 5. The Kier molecular flexibility index (Phi) is 6.33. The number of nitrogen functional groups attached to an aromatic ring is 1. The van der Waals surface area contributed by atoms with Gasteiger partial charge < -0.3 is 10.8 Å². The highest BCUT2D eigenvalue weighted by Gasteiger charge is 2.24. The van der Waals surface area contributed by atoms with Gasteiger partial charge in [0.1, 0.15) is 16.3 Å². The summed E-state index contributed by atoms with van der Waals surface area (Å²) in [6.45, 7) is 5.60. The van der Waals surface area contributed by atoms with E-state index in [0.29, 0.717) is 22.6 Å². The molecule has 0 heterocycles. The van der Waals surface area contributed by atoms with Crippen LogP contribution in [0.4, 0.5) is 28.4 Å². The van der Waals surface area contributed by atoms with Gasteiger partial charge in [0.25, 0.3) is 10.1 Å².